The topological polar surface area (TPSA) is 53.0 Å². The van der Waals surface area contributed by atoms with Gasteiger partial charge in [-0.15, -0.1) is 0 Å². The van der Waals surface area contributed by atoms with Crippen LogP contribution in [0, 0.1) is 11.3 Å². The van der Waals surface area contributed by atoms with E-state index in [9.17, 15) is 0 Å². The molecule has 0 spiro atoms. The molecule has 2 rings (SSSR count). The van der Waals surface area contributed by atoms with Crippen molar-refractivity contribution in [1.82, 2.24) is 0 Å². The summed E-state index contributed by atoms with van der Waals surface area (Å²) < 4.78 is 0. The van der Waals surface area contributed by atoms with Crippen LogP contribution in [0.2, 0.25) is 0 Å². The molecule has 0 amide bonds. The highest BCUT2D eigenvalue weighted by Crippen LogP contribution is 2.30. The fourth-order valence-corrected chi connectivity index (χ4v) is 2.32. The number of nitrogens with zero attached hydrogens (tertiary/aromatic N) is 2. The Morgan fingerprint density at radius 2 is 2.25 bits per heavy atom. The molecule has 84 valence electrons. The number of nitrogen functional groups attached to an aromatic ring is 1. The quantitative estimate of drug-likeness (QED) is 0.732. The van der Waals surface area contributed by atoms with E-state index in [0.717, 1.165) is 17.9 Å². The fraction of sp³-hybridized carbons (Fsp3) is 0.462. The number of hydrogen-bond acceptors (Lipinski definition) is 3. The smallest absolute Gasteiger partial charge is 0.0992 e. The highest BCUT2D eigenvalue weighted by molar-refractivity contribution is 5.70. The third kappa shape index (κ3) is 1.96. The largest absolute Gasteiger partial charge is 0.397 e. The van der Waals surface area contributed by atoms with E-state index in [-0.39, 0.29) is 0 Å². The van der Waals surface area contributed by atoms with Crippen molar-refractivity contribution in [2.24, 2.45) is 0 Å². The predicted octanol–water partition coefficient (Wildman–Crippen LogP) is 2.52. The second-order valence-corrected chi connectivity index (χ2v) is 4.42. The van der Waals surface area contributed by atoms with Gasteiger partial charge in [0.05, 0.1) is 23.0 Å². The Hall–Kier alpha value is -1.69. The van der Waals surface area contributed by atoms with E-state index in [2.05, 4.69) is 17.9 Å². The maximum atomic E-state index is 8.91. The second-order valence-electron chi connectivity index (χ2n) is 4.42. The average molecular weight is 215 g/mol. The van der Waals surface area contributed by atoms with Crippen LogP contribution in [-0.2, 0) is 0 Å². The van der Waals surface area contributed by atoms with E-state index in [0.29, 0.717) is 11.6 Å². The van der Waals surface area contributed by atoms with Gasteiger partial charge in [-0.3, -0.25) is 0 Å². The number of nitriles is 1. The third-order valence-corrected chi connectivity index (χ3v) is 3.27. The molecule has 0 aromatic heterocycles. The lowest BCUT2D eigenvalue weighted by Crippen LogP contribution is -2.37. The Balaban J connectivity index is 2.34. The molecule has 1 unspecified atom stereocenters. The van der Waals surface area contributed by atoms with Crippen LogP contribution >= 0.6 is 0 Å². The molecule has 1 aliphatic heterocycles. The van der Waals surface area contributed by atoms with Crippen LogP contribution in [0.5, 0.6) is 0 Å². The molecule has 1 aromatic rings. The Kier molecular flexibility index (Phi) is 3.00. The van der Waals surface area contributed by atoms with E-state index >= 15 is 0 Å². The van der Waals surface area contributed by atoms with Crippen LogP contribution in [-0.4, -0.2) is 12.6 Å². The maximum absolute atomic E-state index is 8.91. The van der Waals surface area contributed by atoms with Crippen molar-refractivity contribution in [3.8, 4) is 6.07 Å². The molecule has 3 heteroatoms. The number of piperidine rings is 1. The first-order chi connectivity index (χ1) is 7.72. The number of hydrogen-bond donors (Lipinski definition) is 1. The first-order valence-electron chi connectivity index (χ1n) is 5.78. The SMILES string of the molecule is CC1CCCCN1c1cc(C#N)ccc1N. The highest BCUT2D eigenvalue weighted by Gasteiger charge is 2.20. The predicted molar refractivity (Wildman–Crippen MR) is 66.2 cm³/mol. The van der Waals surface area contributed by atoms with Crippen molar-refractivity contribution in [1.29, 1.82) is 5.26 Å². The van der Waals surface area contributed by atoms with Crippen LogP contribution in [0.1, 0.15) is 31.7 Å². The van der Waals surface area contributed by atoms with Crippen molar-refractivity contribution in [2.75, 3.05) is 17.2 Å². The van der Waals surface area contributed by atoms with Crippen LogP contribution in [0.25, 0.3) is 0 Å². The van der Waals surface area contributed by atoms with Crippen LogP contribution in [0.3, 0.4) is 0 Å². The van der Waals surface area contributed by atoms with Crippen molar-refractivity contribution < 1.29 is 0 Å². The van der Waals surface area contributed by atoms with Gasteiger partial charge in [-0.25, -0.2) is 0 Å². The van der Waals surface area contributed by atoms with E-state index in [1.807, 2.05) is 12.1 Å². The summed E-state index contributed by atoms with van der Waals surface area (Å²) in [7, 11) is 0. The Morgan fingerprint density at radius 3 is 2.94 bits per heavy atom. The van der Waals surface area contributed by atoms with Crippen molar-refractivity contribution in [2.45, 2.75) is 32.2 Å². The molecule has 0 saturated carbocycles. The zero-order valence-corrected chi connectivity index (χ0v) is 9.61. The average Bonchev–Trinajstić information content (AvgIpc) is 2.31. The summed E-state index contributed by atoms with van der Waals surface area (Å²) in [6.07, 6.45) is 3.70. The van der Waals surface area contributed by atoms with Crippen LogP contribution < -0.4 is 10.6 Å². The van der Waals surface area contributed by atoms with Gasteiger partial charge < -0.3 is 10.6 Å². The summed E-state index contributed by atoms with van der Waals surface area (Å²) in [5.74, 6) is 0. The molecule has 1 aliphatic rings. The lowest BCUT2D eigenvalue weighted by atomic mass is 10.0. The second kappa shape index (κ2) is 4.44. The zero-order valence-electron chi connectivity index (χ0n) is 9.61. The van der Waals surface area contributed by atoms with Gasteiger partial charge >= 0.3 is 0 Å². The molecular formula is C13H17N3. The first kappa shape index (κ1) is 10.8. The van der Waals surface area contributed by atoms with Crippen LogP contribution in [0.15, 0.2) is 18.2 Å². The Morgan fingerprint density at radius 1 is 1.44 bits per heavy atom. The first-order valence-corrected chi connectivity index (χ1v) is 5.78. The minimum atomic E-state index is 0.519. The van der Waals surface area contributed by atoms with Gasteiger partial charge in [0, 0.05) is 12.6 Å². The molecule has 1 heterocycles. The highest BCUT2D eigenvalue weighted by atomic mass is 15.2. The molecular weight excluding hydrogens is 198 g/mol. The zero-order chi connectivity index (χ0) is 11.5. The van der Waals surface area contributed by atoms with Gasteiger partial charge in [0.15, 0.2) is 0 Å². The summed E-state index contributed by atoms with van der Waals surface area (Å²) in [6, 6.07) is 8.18. The molecule has 1 atom stereocenters. The normalized spacial score (nSPS) is 20.5. The molecule has 2 N–H and O–H groups in total. The standard InChI is InChI=1S/C13H17N3/c1-10-4-2-3-7-16(10)13-8-11(9-14)5-6-12(13)15/h5-6,8,10H,2-4,7,15H2,1H3. The molecule has 16 heavy (non-hydrogen) atoms. The molecule has 1 aromatic carbocycles. The molecule has 1 fully saturated rings. The van der Waals surface area contributed by atoms with Gasteiger partial charge in [-0.1, -0.05) is 0 Å². The number of anilines is 2. The number of nitrogens with two attached hydrogens (primary N) is 1. The summed E-state index contributed by atoms with van der Waals surface area (Å²) >= 11 is 0. The monoisotopic (exact) mass is 215 g/mol. The van der Waals surface area contributed by atoms with Gasteiger partial charge in [-0.05, 0) is 44.4 Å². The van der Waals surface area contributed by atoms with Crippen LogP contribution in [0.4, 0.5) is 11.4 Å². The van der Waals surface area contributed by atoms with Crippen molar-refractivity contribution in [3.63, 3.8) is 0 Å². The van der Waals surface area contributed by atoms with E-state index in [4.69, 9.17) is 11.0 Å². The number of rotatable bonds is 1. The third-order valence-electron chi connectivity index (χ3n) is 3.27. The summed E-state index contributed by atoms with van der Waals surface area (Å²) in [4.78, 5) is 2.32. The maximum Gasteiger partial charge on any atom is 0.0992 e. The lowest BCUT2D eigenvalue weighted by molar-refractivity contribution is 0.485. The van der Waals surface area contributed by atoms with Gasteiger partial charge in [0.2, 0.25) is 0 Å². The van der Waals surface area contributed by atoms with Gasteiger partial charge in [-0.2, -0.15) is 5.26 Å². The summed E-state index contributed by atoms with van der Waals surface area (Å²) in [5.41, 5.74) is 8.46. The van der Waals surface area contributed by atoms with E-state index in [1.54, 1.807) is 6.07 Å². The van der Waals surface area contributed by atoms with Crippen molar-refractivity contribution in [3.05, 3.63) is 23.8 Å². The molecule has 0 aliphatic carbocycles. The summed E-state index contributed by atoms with van der Waals surface area (Å²) in [5, 5.41) is 8.91. The lowest BCUT2D eigenvalue weighted by Gasteiger charge is -2.36. The number of benzene rings is 1. The van der Waals surface area contributed by atoms with Gasteiger partial charge in [0.1, 0.15) is 0 Å². The minimum absolute atomic E-state index is 0.519. The Bertz CT molecular complexity index is 420. The molecule has 3 nitrogen and oxygen atoms in total. The van der Waals surface area contributed by atoms with Crippen molar-refractivity contribution >= 4 is 11.4 Å². The molecule has 0 radical (unpaired) electrons. The van der Waals surface area contributed by atoms with E-state index < -0.39 is 0 Å². The Labute approximate surface area is 96.5 Å². The van der Waals surface area contributed by atoms with Gasteiger partial charge in [0.25, 0.3) is 0 Å². The van der Waals surface area contributed by atoms with E-state index in [1.165, 1.54) is 19.3 Å². The summed E-state index contributed by atoms with van der Waals surface area (Å²) in [6.45, 7) is 3.26. The fourth-order valence-electron chi connectivity index (χ4n) is 2.32. The molecule has 1 saturated heterocycles. The minimum Gasteiger partial charge on any atom is -0.397 e. The molecule has 0 bridgehead atoms.